The molecule has 108 valence electrons. The number of hydrogen-bond donors (Lipinski definition) is 2. The number of benzene rings is 1. The predicted molar refractivity (Wildman–Crippen MR) is 80.3 cm³/mol. The molecule has 4 heteroatoms. The van der Waals surface area contributed by atoms with E-state index >= 15 is 0 Å². The van der Waals surface area contributed by atoms with Crippen molar-refractivity contribution in [2.45, 2.75) is 13.8 Å². The standard InChI is InChI=1S/C15H26N2O2/c1-11(2)12(9-16-3)10-17-13-6-7-14(18-4)15(8-13)19-5/h6-8,11-12,16-17H,9-10H2,1-5H3. The van der Waals surface area contributed by atoms with Crippen molar-refractivity contribution < 1.29 is 9.47 Å². The lowest BCUT2D eigenvalue weighted by atomic mass is 9.95. The van der Waals surface area contributed by atoms with E-state index in [0.29, 0.717) is 11.8 Å². The van der Waals surface area contributed by atoms with Crippen LogP contribution in [0.5, 0.6) is 11.5 Å². The number of ether oxygens (including phenoxy) is 2. The second-order valence-corrected chi connectivity index (χ2v) is 5.01. The number of rotatable bonds is 8. The molecule has 0 saturated carbocycles. The lowest BCUT2D eigenvalue weighted by molar-refractivity contribution is 0.355. The molecule has 0 aliphatic carbocycles. The lowest BCUT2D eigenvalue weighted by Gasteiger charge is -2.22. The molecule has 4 nitrogen and oxygen atoms in total. The second-order valence-electron chi connectivity index (χ2n) is 5.01. The largest absolute Gasteiger partial charge is 0.493 e. The summed E-state index contributed by atoms with van der Waals surface area (Å²) in [6, 6.07) is 5.90. The number of hydrogen-bond acceptors (Lipinski definition) is 4. The van der Waals surface area contributed by atoms with Crippen LogP contribution in [-0.4, -0.2) is 34.4 Å². The zero-order chi connectivity index (χ0) is 14.3. The van der Waals surface area contributed by atoms with E-state index in [1.165, 1.54) is 0 Å². The summed E-state index contributed by atoms with van der Waals surface area (Å²) >= 11 is 0. The fourth-order valence-electron chi connectivity index (χ4n) is 2.00. The van der Waals surface area contributed by atoms with Crippen LogP contribution in [0.4, 0.5) is 5.69 Å². The van der Waals surface area contributed by atoms with Gasteiger partial charge < -0.3 is 20.1 Å². The molecule has 0 saturated heterocycles. The minimum absolute atomic E-state index is 0.595. The third-order valence-corrected chi connectivity index (χ3v) is 3.36. The Balaban J connectivity index is 2.66. The first kappa shape index (κ1) is 15.6. The van der Waals surface area contributed by atoms with E-state index in [4.69, 9.17) is 9.47 Å². The van der Waals surface area contributed by atoms with E-state index < -0.39 is 0 Å². The van der Waals surface area contributed by atoms with Crippen LogP contribution < -0.4 is 20.1 Å². The van der Waals surface area contributed by atoms with Gasteiger partial charge in [0.25, 0.3) is 0 Å². The summed E-state index contributed by atoms with van der Waals surface area (Å²) in [4.78, 5) is 0. The monoisotopic (exact) mass is 266 g/mol. The Hall–Kier alpha value is -1.42. The molecule has 1 aromatic carbocycles. The molecule has 1 unspecified atom stereocenters. The average molecular weight is 266 g/mol. The van der Waals surface area contributed by atoms with Crippen LogP contribution in [0.1, 0.15) is 13.8 Å². The summed E-state index contributed by atoms with van der Waals surface area (Å²) in [5.41, 5.74) is 1.06. The minimum atomic E-state index is 0.595. The molecule has 0 spiro atoms. The molecule has 0 heterocycles. The van der Waals surface area contributed by atoms with Gasteiger partial charge in [-0.05, 0) is 37.6 Å². The molecule has 0 radical (unpaired) electrons. The molecule has 0 fully saturated rings. The molecule has 1 aromatic rings. The van der Waals surface area contributed by atoms with Crippen LogP contribution in [0.2, 0.25) is 0 Å². The molecule has 0 aliphatic rings. The third-order valence-electron chi connectivity index (χ3n) is 3.36. The van der Waals surface area contributed by atoms with Crippen molar-refractivity contribution in [3.8, 4) is 11.5 Å². The van der Waals surface area contributed by atoms with Crippen molar-refractivity contribution in [1.29, 1.82) is 0 Å². The van der Waals surface area contributed by atoms with Gasteiger partial charge in [-0.15, -0.1) is 0 Å². The van der Waals surface area contributed by atoms with Crippen LogP contribution in [0.3, 0.4) is 0 Å². The summed E-state index contributed by atoms with van der Waals surface area (Å²) in [5.74, 6) is 2.74. The van der Waals surface area contributed by atoms with Crippen LogP contribution in [-0.2, 0) is 0 Å². The minimum Gasteiger partial charge on any atom is -0.493 e. The van der Waals surface area contributed by atoms with Crippen LogP contribution in [0.25, 0.3) is 0 Å². The van der Waals surface area contributed by atoms with Crippen molar-refractivity contribution in [2.24, 2.45) is 11.8 Å². The first-order valence-corrected chi connectivity index (χ1v) is 6.72. The molecule has 0 bridgehead atoms. The van der Waals surface area contributed by atoms with Gasteiger partial charge in [0.2, 0.25) is 0 Å². The van der Waals surface area contributed by atoms with E-state index in [0.717, 1.165) is 30.3 Å². The maximum atomic E-state index is 5.30. The van der Waals surface area contributed by atoms with E-state index in [1.54, 1.807) is 14.2 Å². The second kappa shape index (κ2) is 7.89. The van der Waals surface area contributed by atoms with Gasteiger partial charge in [0.15, 0.2) is 11.5 Å². The van der Waals surface area contributed by atoms with Gasteiger partial charge in [0, 0.05) is 18.3 Å². The quantitative estimate of drug-likeness (QED) is 0.759. The number of methoxy groups -OCH3 is 2. The molecule has 2 N–H and O–H groups in total. The van der Waals surface area contributed by atoms with Gasteiger partial charge in [0.1, 0.15) is 0 Å². The topological polar surface area (TPSA) is 42.5 Å². The molecule has 0 amide bonds. The summed E-state index contributed by atoms with van der Waals surface area (Å²) in [6.45, 7) is 6.45. The molecular weight excluding hydrogens is 240 g/mol. The SMILES string of the molecule is CNCC(CNc1ccc(OC)c(OC)c1)C(C)C. The lowest BCUT2D eigenvalue weighted by Crippen LogP contribution is -2.29. The van der Waals surface area contributed by atoms with E-state index in [2.05, 4.69) is 24.5 Å². The Morgan fingerprint density at radius 3 is 2.26 bits per heavy atom. The van der Waals surface area contributed by atoms with E-state index in [-0.39, 0.29) is 0 Å². The highest BCUT2D eigenvalue weighted by molar-refractivity contribution is 5.54. The highest BCUT2D eigenvalue weighted by Crippen LogP contribution is 2.29. The molecule has 19 heavy (non-hydrogen) atoms. The molecular formula is C15H26N2O2. The fraction of sp³-hybridized carbons (Fsp3) is 0.600. The highest BCUT2D eigenvalue weighted by atomic mass is 16.5. The van der Waals surface area contributed by atoms with Crippen LogP contribution in [0, 0.1) is 11.8 Å². The van der Waals surface area contributed by atoms with Gasteiger partial charge in [-0.1, -0.05) is 13.8 Å². The Kier molecular flexibility index (Phi) is 6.50. The first-order valence-electron chi connectivity index (χ1n) is 6.72. The molecule has 0 aliphatic heterocycles. The molecule has 0 aromatic heterocycles. The van der Waals surface area contributed by atoms with Crippen molar-refractivity contribution in [3.63, 3.8) is 0 Å². The van der Waals surface area contributed by atoms with E-state index in [9.17, 15) is 0 Å². The number of anilines is 1. The third kappa shape index (κ3) is 4.63. The Morgan fingerprint density at radius 2 is 1.74 bits per heavy atom. The van der Waals surface area contributed by atoms with Gasteiger partial charge in [-0.2, -0.15) is 0 Å². The van der Waals surface area contributed by atoms with Gasteiger partial charge in [-0.25, -0.2) is 0 Å². The van der Waals surface area contributed by atoms with Crippen molar-refractivity contribution in [3.05, 3.63) is 18.2 Å². The van der Waals surface area contributed by atoms with Gasteiger partial charge >= 0.3 is 0 Å². The average Bonchev–Trinajstić information content (AvgIpc) is 2.42. The summed E-state index contributed by atoms with van der Waals surface area (Å²) in [7, 11) is 5.29. The van der Waals surface area contributed by atoms with Crippen molar-refractivity contribution >= 4 is 5.69 Å². The Bertz CT molecular complexity index is 380. The maximum Gasteiger partial charge on any atom is 0.162 e. The predicted octanol–water partition coefficient (Wildman–Crippen LogP) is 2.61. The van der Waals surface area contributed by atoms with E-state index in [1.807, 2.05) is 25.2 Å². The first-order chi connectivity index (χ1) is 9.12. The Labute approximate surface area is 116 Å². The summed E-state index contributed by atoms with van der Waals surface area (Å²) < 4.78 is 10.5. The summed E-state index contributed by atoms with van der Waals surface area (Å²) in [6.07, 6.45) is 0. The fourth-order valence-corrected chi connectivity index (χ4v) is 2.00. The van der Waals surface area contributed by atoms with Crippen molar-refractivity contribution in [1.82, 2.24) is 5.32 Å². The van der Waals surface area contributed by atoms with Gasteiger partial charge in [-0.3, -0.25) is 0 Å². The zero-order valence-corrected chi connectivity index (χ0v) is 12.6. The van der Waals surface area contributed by atoms with Crippen molar-refractivity contribution in [2.75, 3.05) is 39.7 Å². The highest BCUT2D eigenvalue weighted by Gasteiger charge is 2.12. The zero-order valence-electron chi connectivity index (χ0n) is 12.6. The van der Waals surface area contributed by atoms with Crippen LogP contribution >= 0.6 is 0 Å². The normalized spacial score (nSPS) is 12.3. The maximum absolute atomic E-state index is 5.30. The molecule has 1 atom stereocenters. The summed E-state index contributed by atoms with van der Waals surface area (Å²) in [5, 5.41) is 6.70. The Morgan fingerprint density at radius 1 is 1.05 bits per heavy atom. The van der Waals surface area contributed by atoms with Gasteiger partial charge in [0.05, 0.1) is 14.2 Å². The molecule has 1 rings (SSSR count). The van der Waals surface area contributed by atoms with Crippen LogP contribution in [0.15, 0.2) is 18.2 Å². The smallest absolute Gasteiger partial charge is 0.162 e. The number of nitrogens with one attached hydrogen (secondary N) is 2.